The Morgan fingerprint density at radius 2 is 1.43 bits per heavy atom. The van der Waals surface area contributed by atoms with Gasteiger partial charge >= 0.3 is 106 Å². The molecule has 0 aliphatic carbocycles. The number of aromatic nitrogens is 2. The first-order valence-corrected chi connectivity index (χ1v) is 7.35. The van der Waals surface area contributed by atoms with E-state index in [1.165, 1.54) is 11.4 Å². The van der Waals surface area contributed by atoms with Crippen molar-refractivity contribution in [1.29, 1.82) is 0 Å². The van der Waals surface area contributed by atoms with E-state index in [0.717, 1.165) is 31.4 Å². The summed E-state index contributed by atoms with van der Waals surface area (Å²) in [5.41, 5.74) is 3.52. The Morgan fingerprint density at radius 1 is 0.929 bits per heavy atom. The normalized spacial score (nSPS) is 13.3. The SMILES string of the molecule is Brc1c2c(c(Br)c3n[se]nc13)N=S=N2. The number of halogens is 2. The molecule has 0 radical (unpaired) electrons. The summed E-state index contributed by atoms with van der Waals surface area (Å²) in [4.78, 5) is 0. The van der Waals surface area contributed by atoms with Crippen molar-refractivity contribution < 1.29 is 0 Å². The fourth-order valence-corrected chi connectivity index (χ4v) is 4.78. The van der Waals surface area contributed by atoms with Crippen LogP contribution >= 0.6 is 31.9 Å². The summed E-state index contributed by atoms with van der Waals surface area (Å²) in [5.74, 6) is 0. The average molecular weight is 399 g/mol. The van der Waals surface area contributed by atoms with Gasteiger partial charge in [-0.05, 0) is 0 Å². The molecule has 1 aliphatic heterocycles. The van der Waals surface area contributed by atoms with E-state index < -0.39 is 0 Å². The number of rotatable bonds is 0. The molecule has 2 aromatic rings. The zero-order chi connectivity index (χ0) is 9.71. The van der Waals surface area contributed by atoms with E-state index in [4.69, 9.17) is 0 Å². The van der Waals surface area contributed by atoms with Gasteiger partial charge in [-0.15, -0.1) is 0 Å². The first-order valence-electron chi connectivity index (χ1n) is 3.50. The van der Waals surface area contributed by atoms with Gasteiger partial charge < -0.3 is 0 Å². The second-order valence-electron chi connectivity index (χ2n) is 2.55. The molecule has 0 saturated heterocycles. The Labute approximate surface area is 105 Å². The van der Waals surface area contributed by atoms with Crippen LogP contribution < -0.4 is 0 Å². The second-order valence-corrected chi connectivity index (χ2v) is 5.77. The number of fused-ring (bicyclic) bond motifs is 2. The van der Waals surface area contributed by atoms with Crippen LogP contribution in [0.4, 0.5) is 11.4 Å². The number of hydrogen-bond acceptors (Lipinski definition) is 4. The van der Waals surface area contributed by atoms with Gasteiger partial charge in [0.15, 0.2) is 0 Å². The summed E-state index contributed by atoms with van der Waals surface area (Å²) in [7, 11) is 0. The summed E-state index contributed by atoms with van der Waals surface area (Å²) in [6, 6.07) is 0. The number of benzene rings is 1. The van der Waals surface area contributed by atoms with E-state index in [-0.39, 0.29) is 15.0 Å². The van der Waals surface area contributed by atoms with E-state index >= 15 is 0 Å². The molecule has 8 heteroatoms. The van der Waals surface area contributed by atoms with Crippen molar-refractivity contribution in [3.05, 3.63) is 8.95 Å². The summed E-state index contributed by atoms with van der Waals surface area (Å²) in [5, 5.41) is 0. The molecule has 1 aromatic heterocycles. The van der Waals surface area contributed by atoms with E-state index in [9.17, 15) is 0 Å². The number of hydrogen-bond donors (Lipinski definition) is 0. The van der Waals surface area contributed by atoms with E-state index in [2.05, 4.69) is 48.5 Å². The van der Waals surface area contributed by atoms with Crippen molar-refractivity contribution >= 4 is 80.6 Å². The standard InChI is InChI=1S/C6Br2N4SSe/c7-1-3-4(10-13-9-3)2(8)6-5(1)11-14-12-6. The van der Waals surface area contributed by atoms with Gasteiger partial charge in [0.1, 0.15) is 0 Å². The summed E-state index contributed by atoms with van der Waals surface area (Å²) in [6.07, 6.45) is 0. The minimum atomic E-state index is -0.0321. The van der Waals surface area contributed by atoms with Crippen LogP contribution in [-0.2, 0) is 11.4 Å². The van der Waals surface area contributed by atoms with Gasteiger partial charge in [0.2, 0.25) is 0 Å². The molecule has 4 nitrogen and oxygen atoms in total. The fraction of sp³-hybridized carbons (Fsp3) is 0. The van der Waals surface area contributed by atoms with Gasteiger partial charge in [-0.2, -0.15) is 0 Å². The number of nitrogens with zero attached hydrogens (tertiary/aromatic N) is 4. The fourth-order valence-electron chi connectivity index (χ4n) is 1.18. The predicted molar refractivity (Wildman–Crippen MR) is 63.4 cm³/mol. The zero-order valence-electron chi connectivity index (χ0n) is 6.36. The monoisotopic (exact) mass is 398 g/mol. The second kappa shape index (κ2) is 3.31. The molecule has 0 bridgehead atoms. The first kappa shape index (κ1) is 9.35. The molecule has 70 valence electrons. The Balaban J connectivity index is 2.59. The van der Waals surface area contributed by atoms with Gasteiger partial charge in [0.25, 0.3) is 0 Å². The Bertz CT molecular complexity index is 568. The van der Waals surface area contributed by atoms with Crippen LogP contribution in [0, 0.1) is 0 Å². The first-order chi connectivity index (χ1) is 6.79. The molecule has 1 aliphatic rings. The summed E-state index contributed by atoms with van der Waals surface area (Å²) in [6.45, 7) is 0. The van der Waals surface area contributed by atoms with Crippen molar-refractivity contribution in [2.45, 2.75) is 0 Å². The van der Waals surface area contributed by atoms with Gasteiger partial charge in [0, 0.05) is 0 Å². The topological polar surface area (TPSA) is 50.5 Å². The molecule has 0 unspecified atom stereocenters. The van der Waals surface area contributed by atoms with Gasteiger partial charge in [0.05, 0.1) is 0 Å². The average Bonchev–Trinajstić information content (AvgIpc) is 2.82. The molecule has 0 saturated carbocycles. The minimum absolute atomic E-state index is 0.0321. The third kappa shape index (κ3) is 1.15. The van der Waals surface area contributed by atoms with Crippen molar-refractivity contribution in [2.24, 2.45) is 8.73 Å². The molecular formula is C6Br2N4SSe. The van der Waals surface area contributed by atoms with Crippen LogP contribution in [-0.4, -0.2) is 22.9 Å². The third-order valence-corrected chi connectivity index (χ3v) is 4.95. The summed E-state index contributed by atoms with van der Waals surface area (Å²) >= 11 is 8.13. The predicted octanol–water partition coefficient (Wildman–Crippen LogP) is 2.94. The maximum atomic E-state index is 4.35. The van der Waals surface area contributed by atoms with E-state index in [0.29, 0.717) is 0 Å². The zero-order valence-corrected chi connectivity index (χ0v) is 12.1. The molecule has 0 atom stereocenters. The van der Waals surface area contributed by atoms with Crippen LogP contribution in [0.2, 0.25) is 0 Å². The Morgan fingerprint density at radius 3 is 1.93 bits per heavy atom. The van der Waals surface area contributed by atoms with Crippen LogP contribution in [0.5, 0.6) is 0 Å². The Hall–Kier alpha value is 0.119. The molecule has 14 heavy (non-hydrogen) atoms. The molecule has 0 amide bonds. The summed E-state index contributed by atoms with van der Waals surface area (Å²) < 4.78 is 18.9. The molecule has 0 spiro atoms. The van der Waals surface area contributed by atoms with Crippen LogP contribution in [0.1, 0.15) is 0 Å². The quantitative estimate of drug-likeness (QED) is 0.547. The van der Waals surface area contributed by atoms with Crippen LogP contribution in [0.25, 0.3) is 11.0 Å². The van der Waals surface area contributed by atoms with Crippen LogP contribution in [0.15, 0.2) is 17.7 Å². The molecule has 2 heterocycles. The van der Waals surface area contributed by atoms with Crippen molar-refractivity contribution in [3.8, 4) is 0 Å². The van der Waals surface area contributed by atoms with E-state index in [1.807, 2.05) is 0 Å². The van der Waals surface area contributed by atoms with Gasteiger partial charge in [-0.3, -0.25) is 0 Å². The van der Waals surface area contributed by atoms with Crippen LogP contribution in [0.3, 0.4) is 0 Å². The van der Waals surface area contributed by atoms with Crippen molar-refractivity contribution in [1.82, 2.24) is 7.96 Å². The van der Waals surface area contributed by atoms with Gasteiger partial charge in [-0.1, -0.05) is 0 Å². The van der Waals surface area contributed by atoms with E-state index in [1.54, 1.807) is 0 Å². The molecule has 0 fully saturated rings. The van der Waals surface area contributed by atoms with Crippen molar-refractivity contribution in [2.75, 3.05) is 0 Å². The third-order valence-electron chi connectivity index (χ3n) is 1.81. The van der Waals surface area contributed by atoms with Crippen molar-refractivity contribution in [3.63, 3.8) is 0 Å². The molecule has 3 rings (SSSR count). The molecule has 0 N–H and O–H groups in total. The maximum absolute atomic E-state index is 4.35. The Kier molecular flexibility index (Phi) is 2.21. The van der Waals surface area contributed by atoms with Gasteiger partial charge in [-0.25, -0.2) is 0 Å². The molecule has 1 aromatic carbocycles. The molecular weight excluding hydrogens is 399 g/mol.